The molecule has 0 aliphatic carbocycles. The van der Waals surface area contributed by atoms with Crippen LogP contribution < -0.4 is 0 Å². The molecule has 2 N–H and O–H groups in total. The zero-order chi connectivity index (χ0) is 11.4. The molecule has 0 saturated heterocycles. The zero-order valence-corrected chi connectivity index (χ0v) is 8.36. The lowest BCUT2D eigenvalue weighted by Crippen LogP contribution is -2.07. The van der Waals surface area contributed by atoms with Gasteiger partial charge in [0.2, 0.25) is 0 Å². The van der Waals surface area contributed by atoms with E-state index in [1.807, 2.05) is 0 Å². The molecule has 0 bridgehead atoms. The molecule has 0 aromatic rings. The Labute approximate surface area is 82.4 Å². The first kappa shape index (κ1) is 15.3. The van der Waals surface area contributed by atoms with Crippen LogP contribution in [-0.2, 0) is 19.1 Å². The van der Waals surface area contributed by atoms with Crippen molar-refractivity contribution in [1.82, 2.24) is 0 Å². The monoisotopic (exact) mass is 208 g/mol. The Morgan fingerprint density at radius 3 is 1.29 bits per heavy atom. The second kappa shape index (κ2) is 11.9. The number of rotatable bonds is 4. The van der Waals surface area contributed by atoms with E-state index in [1.54, 1.807) is 13.8 Å². The summed E-state index contributed by atoms with van der Waals surface area (Å²) in [4.78, 5) is 19.9. The van der Waals surface area contributed by atoms with E-state index in [1.165, 1.54) is 0 Å². The van der Waals surface area contributed by atoms with Crippen molar-refractivity contribution in [2.24, 2.45) is 0 Å². The van der Waals surface area contributed by atoms with Crippen LogP contribution in [0.15, 0.2) is 0 Å². The van der Waals surface area contributed by atoms with Crippen LogP contribution in [0.1, 0.15) is 13.8 Å². The minimum absolute atomic E-state index is 0.333. The van der Waals surface area contributed by atoms with Gasteiger partial charge in [0.25, 0.3) is 0 Å². The molecule has 0 aliphatic rings. The van der Waals surface area contributed by atoms with Crippen molar-refractivity contribution in [2.45, 2.75) is 13.8 Å². The smallest absolute Gasteiger partial charge is 0.331 e. The van der Waals surface area contributed by atoms with Gasteiger partial charge in [-0.1, -0.05) is 0 Å². The molecule has 0 aromatic heterocycles. The number of esters is 2. The van der Waals surface area contributed by atoms with Gasteiger partial charge in [-0.2, -0.15) is 0 Å². The molecule has 14 heavy (non-hydrogen) atoms. The number of carbonyl (C=O) groups excluding carboxylic acids is 2. The van der Waals surface area contributed by atoms with Crippen molar-refractivity contribution in [2.75, 3.05) is 26.4 Å². The van der Waals surface area contributed by atoms with Gasteiger partial charge in [-0.3, -0.25) is 0 Å². The highest BCUT2D eigenvalue weighted by Gasteiger charge is 1.93. The Kier molecular flexibility index (Phi) is 13.0. The molecule has 6 heteroatoms. The van der Waals surface area contributed by atoms with Gasteiger partial charge in [0, 0.05) is 0 Å². The number of hydrogen-bond donors (Lipinski definition) is 2. The maximum atomic E-state index is 9.94. The predicted octanol–water partition coefficient (Wildman–Crippen LogP) is -0.916. The van der Waals surface area contributed by atoms with E-state index < -0.39 is 25.2 Å². The minimum atomic E-state index is -0.567. The molecule has 0 atom stereocenters. The van der Waals surface area contributed by atoms with Gasteiger partial charge in [0.05, 0.1) is 13.2 Å². The van der Waals surface area contributed by atoms with E-state index in [0.29, 0.717) is 13.2 Å². The van der Waals surface area contributed by atoms with Gasteiger partial charge in [-0.05, 0) is 13.8 Å². The van der Waals surface area contributed by atoms with Crippen LogP contribution in [0.4, 0.5) is 0 Å². The van der Waals surface area contributed by atoms with Crippen LogP contribution in [0.25, 0.3) is 0 Å². The number of aliphatic hydroxyl groups is 2. The molecular weight excluding hydrogens is 192 g/mol. The Morgan fingerprint density at radius 2 is 1.21 bits per heavy atom. The lowest BCUT2D eigenvalue weighted by atomic mass is 10.7. The molecule has 0 rings (SSSR count). The van der Waals surface area contributed by atoms with E-state index in [-0.39, 0.29) is 0 Å². The van der Waals surface area contributed by atoms with Crippen LogP contribution in [0, 0.1) is 0 Å². The highest BCUT2D eigenvalue weighted by Crippen LogP contribution is 1.72. The van der Waals surface area contributed by atoms with E-state index >= 15 is 0 Å². The lowest BCUT2D eigenvalue weighted by molar-refractivity contribution is -0.147. The molecule has 0 saturated carbocycles. The SMILES string of the molecule is CCOC(=O)CO.CCOC(=O)CO. The third-order valence-corrected chi connectivity index (χ3v) is 0.869. The maximum Gasteiger partial charge on any atom is 0.331 e. The van der Waals surface area contributed by atoms with Crippen molar-refractivity contribution in [1.29, 1.82) is 0 Å². The van der Waals surface area contributed by atoms with Crippen molar-refractivity contribution < 1.29 is 29.3 Å². The van der Waals surface area contributed by atoms with E-state index in [9.17, 15) is 9.59 Å². The summed E-state index contributed by atoms with van der Waals surface area (Å²) in [5, 5.41) is 16.0. The highest BCUT2D eigenvalue weighted by molar-refractivity contribution is 5.70. The Hall–Kier alpha value is -1.14. The number of aliphatic hydroxyl groups excluding tert-OH is 2. The fourth-order valence-corrected chi connectivity index (χ4v) is 0.413. The summed E-state index contributed by atoms with van der Waals surface area (Å²) in [5.74, 6) is -1.13. The lowest BCUT2D eigenvalue weighted by Gasteiger charge is -1.93. The summed E-state index contributed by atoms with van der Waals surface area (Å²) < 4.78 is 8.60. The first-order valence-corrected chi connectivity index (χ1v) is 4.15. The van der Waals surface area contributed by atoms with Crippen molar-refractivity contribution in [3.8, 4) is 0 Å². The Balaban J connectivity index is 0. The number of hydrogen-bond acceptors (Lipinski definition) is 6. The molecule has 0 heterocycles. The molecule has 0 amide bonds. The molecule has 0 spiro atoms. The topological polar surface area (TPSA) is 93.1 Å². The van der Waals surface area contributed by atoms with Crippen LogP contribution in [-0.4, -0.2) is 48.6 Å². The average molecular weight is 208 g/mol. The van der Waals surface area contributed by atoms with E-state index in [0.717, 1.165) is 0 Å². The maximum absolute atomic E-state index is 9.94. The molecule has 0 unspecified atom stereocenters. The fourth-order valence-electron chi connectivity index (χ4n) is 0.413. The summed E-state index contributed by atoms with van der Waals surface area (Å²) >= 11 is 0. The van der Waals surface area contributed by atoms with E-state index in [2.05, 4.69) is 9.47 Å². The van der Waals surface area contributed by atoms with Crippen LogP contribution in [0.5, 0.6) is 0 Å². The summed E-state index contributed by atoms with van der Waals surface area (Å²) in [6.07, 6.45) is 0. The molecule has 6 nitrogen and oxygen atoms in total. The summed E-state index contributed by atoms with van der Waals surface area (Å²) in [5.41, 5.74) is 0. The third kappa shape index (κ3) is 13.4. The zero-order valence-electron chi connectivity index (χ0n) is 8.36. The summed E-state index contributed by atoms with van der Waals surface area (Å²) in [7, 11) is 0. The Bertz CT molecular complexity index is 138. The highest BCUT2D eigenvalue weighted by atomic mass is 16.5. The van der Waals surface area contributed by atoms with Gasteiger partial charge in [-0.15, -0.1) is 0 Å². The third-order valence-electron chi connectivity index (χ3n) is 0.869. The van der Waals surface area contributed by atoms with Crippen LogP contribution in [0.2, 0.25) is 0 Å². The Morgan fingerprint density at radius 1 is 0.929 bits per heavy atom. The number of ether oxygens (including phenoxy) is 2. The van der Waals surface area contributed by atoms with Crippen molar-refractivity contribution >= 4 is 11.9 Å². The molecule has 0 aromatic carbocycles. The van der Waals surface area contributed by atoms with Crippen molar-refractivity contribution in [3.63, 3.8) is 0 Å². The molecule has 0 aliphatic heterocycles. The first-order chi connectivity index (χ1) is 6.62. The summed E-state index contributed by atoms with van der Waals surface area (Å²) in [6, 6.07) is 0. The minimum Gasteiger partial charge on any atom is -0.464 e. The summed E-state index contributed by atoms with van der Waals surface area (Å²) in [6.45, 7) is 3.00. The van der Waals surface area contributed by atoms with Gasteiger partial charge in [0.15, 0.2) is 0 Å². The molecule has 0 radical (unpaired) electrons. The van der Waals surface area contributed by atoms with Crippen LogP contribution in [0.3, 0.4) is 0 Å². The second-order valence-corrected chi connectivity index (χ2v) is 1.93. The standard InChI is InChI=1S/2C4H8O3/c2*1-2-7-4(6)3-5/h2*5H,2-3H2,1H3. The molecule has 84 valence electrons. The van der Waals surface area contributed by atoms with Gasteiger partial charge < -0.3 is 19.7 Å². The number of carbonyl (C=O) groups is 2. The van der Waals surface area contributed by atoms with Gasteiger partial charge >= 0.3 is 11.9 Å². The first-order valence-electron chi connectivity index (χ1n) is 4.15. The molecular formula is C8H16O6. The normalized spacial score (nSPS) is 8.29. The predicted molar refractivity (Wildman–Crippen MR) is 47.4 cm³/mol. The van der Waals surface area contributed by atoms with Gasteiger partial charge in [-0.25, -0.2) is 9.59 Å². The van der Waals surface area contributed by atoms with E-state index in [4.69, 9.17) is 10.2 Å². The largest absolute Gasteiger partial charge is 0.464 e. The quantitative estimate of drug-likeness (QED) is 0.580. The van der Waals surface area contributed by atoms with Gasteiger partial charge in [0.1, 0.15) is 13.2 Å². The second-order valence-electron chi connectivity index (χ2n) is 1.93. The van der Waals surface area contributed by atoms with Crippen molar-refractivity contribution in [3.05, 3.63) is 0 Å². The average Bonchev–Trinajstić information content (AvgIpc) is 2.19. The fraction of sp³-hybridized carbons (Fsp3) is 0.750. The van der Waals surface area contributed by atoms with Crippen LogP contribution >= 0.6 is 0 Å². The molecule has 0 fully saturated rings.